The van der Waals surface area contributed by atoms with Crippen molar-refractivity contribution in [3.8, 4) is 11.3 Å². The molecule has 1 aromatic carbocycles. The fourth-order valence-electron chi connectivity index (χ4n) is 2.36. The summed E-state index contributed by atoms with van der Waals surface area (Å²) in [5.74, 6) is 0. The highest BCUT2D eigenvalue weighted by molar-refractivity contribution is 5.66. The van der Waals surface area contributed by atoms with Crippen LogP contribution in [0.1, 0.15) is 30.5 Å². The van der Waals surface area contributed by atoms with Gasteiger partial charge < -0.3 is 4.98 Å². The van der Waals surface area contributed by atoms with Crippen molar-refractivity contribution >= 4 is 0 Å². The number of nitrogens with zero attached hydrogens (tertiary/aromatic N) is 1. The predicted octanol–water partition coefficient (Wildman–Crippen LogP) is 3.51. The number of rotatable bonds is 3. The van der Waals surface area contributed by atoms with Crippen molar-refractivity contribution in [1.82, 2.24) is 9.97 Å². The first kappa shape index (κ1) is 10.9. The standard InChI is InChI=1S/C14H18N2/c1-4-11-10(3)6-7-13(12(11)5-2)14-8-15-9-16-14/h6-9H,4-5H2,1-3H3,(H,15,16). The average Bonchev–Trinajstić information content (AvgIpc) is 2.81. The number of nitrogens with one attached hydrogen (secondary N) is 1. The highest BCUT2D eigenvalue weighted by Crippen LogP contribution is 2.27. The summed E-state index contributed by atoms with van der Waals surface area (Å²) in [6.07, 6.45) is 5.79. The van der Waals surface area contributed by atoms with Crippen LogP contribution in [0.5, 0.6) is 0 Å². The van der Waals surface area contributed by atoms with E-state index in [1.54, 1.807) is 6.33 Å². The molecule has 2 nitrogen and oxygen atoms in total. The molecule has 0 atom stereocenters. The maximum absolute atomic E-state index is 4.10. The van der Waals surface area contributed by atoms with Gasteiger partial charge in [-0.25, -0.2) is 4.98 Å². The maximum atomic E-state index is 4.10. The molecule has 0 saturated heterocycles. The second kappa shape index (κ2) is 4.52. The Bertz CT molecular complexity index is 470. The molecule has 0 aliphatic carbocycles. The maximum Gasteiger partial charge on any atom is 0.0924 e. The minimum Gasteiger partial charge on any atom is -0.345 e. The fraction of sp³-hybridized carbons (Fsp3) is 0.357. The molecule has 0 fully saturated rings. The van der Waals surface area contributed by atoms with E-state index in [1.165, 1.54) is 22.3 Å². The predicted molar refractivity (Wildman–Crippen MR) is 67.5 cm³/mol. The van der Waals surface area contributed by atoms with Gasteiger partial charge in [0.2, 0.25) is 0 Å². The molecule has 0 radical (unpaired) electrons. The number of hydrogen-bond donors (Lipinski definition) is 1. The highest BCUT2D eigenvalue weighted by atomic mass is 14.9. The second-order valence-electron chi connectivity index (χ2n) is 4.06. The van der Waals surface area contributed by atoms with Gasteiger partial charge in [0.15, 0.2) is 0 Å². The summed E-state index contributed by atoms with van der Waals surface area (Å²) >= 11 is 0. The van der Waals surface area contributed by atoms with Crippen LogP contribution in [0.2, 0.25) is 0 Å². The van der Waals surface area contributed by atoms with E-state index in [0.29, 0.717) is 0 Å². The number of benzene rings is 1. The molecule has 0 bridgehead atoms. The van der Waals surface area contributed by atoms with Gasteiger partial charge in [-0.15, -0.1) is 0 Å². The van der Waals surface area contributed by atoms with Gasteiger partial charge >= 0.3 is 0 Å². The Balaban J connectivity index is 2.62. The van der Waals surface area contributed by atoms with Gasteiger partial charge in [0.1, 0.15) is 0 Å². The van der Waals surface area contributed by atoms with Crippen molar-refractivity contribution < 1.29 is 0 Å². The lowest BCUT2D eigenvalue weighted by Crippen LogP contribution is -1.98. The zero-order valence-electron chi connectivity index (χ0n) is 10.2. The largest absolute Gasteiger partial charge is 0.345 e. The smallest absolute Gasteiger partial charge is 0.0924 e. The third-order valence-electron chi connectivity index (χ3n) is 3.16. The van der Waals surface area contributed by atoms with Crippen LogP contribution in [-0.4, -0.2) is 9.97 Å². The molecule has 1 N–H and O–H groups in total. The van der Waals surface area contributed by atoms with E-state index in [2.05, 4.69) is 42.9 Å². The van der Waals surface area contributed by atoms with Crippen LogP contribution >= 0.6 is 0 Å². The lowest BCUT2D eigenvalue weighted by molar-refractivity contribution is 1.02. The van der Waals surface area contributed by atoms with Crippen molar-refractivity contribution in [2.45, 2.75) is 33.6 Å². The lowest BCUT2D eigenvalue weighted by Gasteiger charge is -2.14. The number of H-pyrrole nitrogens is 1. The van der Waals surface area contributed by atoms with Gasteiger partial charge in [-0.2, -0.15) is 0 Å². The van der Waals surface area contributed by atoms with Crippen LogP contribution in [0.3, 0.4) is 0 Å². The Morgan fingerprint density at radius 1 is 1.12 bits per heavy atom. The summed E-state index contributed by atoms with van der Waals surface area (Å²) < 4.78 is 0. The van der Waals surface area contributed by atoms with Gasteiger partial charge in [0, 0.05) is 5.56 Å². The molecule has 84 valence electrons. The summed E-state index contributed by atoms with van der Waals surface area (Å²) in [5.41, 5.74) is 6.73. The van der Waals surface area contributed by atoms with Gasteiger partial charge in [-0.1, -0.05) is 26.0 Å². The van der Waals surface area contributed by atoms with Crippen LogP contribution in [0, 0.1) is 6.92 Å². The molecule has 2 aromatic rings. The van der Waals surface area contributed by atoms with Crippen molar-refractivity contribution in [1.29, 1.82) is 0 Å². The molecule has 2 rings (SSSR count). The molecule has 0 amide bonds. The highest BCUT2D eigenvalue weighted by Gasteiger charge is 2.10. The van der Waals surface area contributed by atoms with Crippen LogP contribution in [0.15, 0.2) is 24.7 Å². The molecule has 0 aliphatic heterocycles. The van der Waals surface area contributed by atoms with Crippen molar-refractivity contribution in [3.63, 3.8) is 0 Å². The Morgan fingerprint density at radius 3 is 2.44 bits per heavy atom. The van der Waals surface area contributed by atoms with Crippen LogP contribution < -0.4 is 0 Å². The summed E-state index contributed by atoms with van der Waals surface area (Å²) in [6, 6.07) is 4.40. The number of hydrogen-bond acceptors (Lipinski definition) is 1. The number of imidazole rings is 1. The molecular weight excluding hydrogens is 196 g/mol. The SMILES string of the molecule is CCc1c(C)ccc(-c2cnc[nH]2)c1CC. The van der Waals surface area contributed by atoms with E-state index >= 15 is 0 Å². The van der Waals surface area contributed by atoms with Crippen LogP contribution in [0.4, 0.5) is 0 Å². The molecule has 16 heavy (non-hydrogen) atoms. The molecule has 1 heterocycles. The molecule has 0 unspecified atom stereocenters. The normalized spacial score (nSPS) is 10.7. The first-order valence-corrected chi connectivity index (χ1v) is 5.88. The number of aryl methyl sites for hydroxylation is 1. The summed E-state index contributed by atoms with van der Waals surface area (Å²) in [6.45, 7) is 6.63. The van der Waals surface area contributed by atoms with Gasteiger partial charge in [-0.05, 0) is 36.5 Å². The number of aromatic amines is 1. The topological polar surface area (TPSA) is 28.7 Å². The van der Waals surface area contributed by atoms with E-state index < -0.39 is 0 Å². The van der Waals surface area contributed by atoms with Crippen LogP contribution in [-0.2, 0) is 12.8 Å². The lowest BCUT2D eigenvalue weighted by atomic mass is 9.92. The molecule has 0 aliphatic rings. The zero-order valence-corrected chi connectivity index (χ0v) is 10.2. The van der Waals surface area contributed by atoms with Crippen molar-refractivity contribution in [3.05, 3.63) is 41.3 Å². The van der Waals surface area contributed by atoms with E-state index in [4.69, 9.17) is 0 Å². The Kier molecular flexibility index (Phi) is 3.09. The summed E-state index contributed by atoms with van der Waals surface area (Å²) in [4.78, 5) is 7.28. The third kappa shape index (κ3) is 1.75. The van der Waals surface area contributed by atoms with Gasteiger partial charge in [0.25, 0.3) is 0 Å². The fourth-order valence-corrected chi connectivity index (χ4v) is 2.36. The molecule has 0 spiro atoms. The quantitative estimate of drug-likeness (QED) is 0.832. The monoisotopic (exact) mass is 214 g/mol. The third-order valence-corrected chi connectivity index (χ3v) is 3.16. The minimum atomic E-state index is 1.07. The molecule has 2 heteroatoms. The van der Waals surface area contributed by atoms with Crippen LogP contribution in [0.25, 0.3) is 11.3 Å². The van der Waals surface area contributed by atoms with E-state index in [1.807, 2.05) is 6.20 Å². The van der Waals surface area contributed by atoms with Crippen molar-refractivity contribution in [2.24, 2.45) is 0 Å². The van der Waals surface area contributed by atoms with E-state index in [9.17, 15) is 0 Å². The molecule has 1 aromatic heterocycles. The first-order chi connectivity index (χ1) is 7.77. The zero-order chi connectivity index (χ0) is 11.5. The Labute approximate surface area is 96.7 Å². The second-order valence-corrected chi connectivity index (χ2v) is 4.06. The van der Waals surface area contributed by atoms with Gasteiger partial charge in [0.05, 0.1) is 18.2 Å². The molecule has 0 saturated carbocycles. The Morgan fingerprint density at radius 2 is 1.88 bits per heavy atom. The number of aromatic nitrogens is 2. The average molecular weight is 214 g/mol. The summed E-state index contributed by atoms with van der Waals surface area (Å²) in [5, 5.41) is 0. The van der Waals surface area contributed by atoms with E-state index in [-0.39, 0.29) is 0 Å². The molecular formula is C14H18N2. The first-order valence-electron chi connectivity index (χ1n) is 5.88. The summed E-state index contributed by atoms with van der Waals surface area (Å²) in [7, 11) is 0. The van der Waals surface area contributed by atoms with Crippen molar-refractivity contribution in [2.75, 3.05) is 0 Å². The van der Waals surface area contributed by atoms with Gasteiger partial charge in [-0.3, -0.25) is 0 Å². The Hall–Kier alpha value is -1.57. The minimum absolute atomic E-state index is 1.07. The van der Waals surface area contributed by atoms with E-state index in [0.717, 1.165) is 18.5 Å².